The third kappa shape index (κ3) is 3.38. The molecule has 0 atom stereocenters. The predicted octanol–water partition coefficient (Wildman–Crippen LogP) is 4.61. The van der Waals surface area contributed by atoms with E-state index >= 15 is 0 Å². The van der Waals surface area contributed by atoms with Gasteiger partial charge in [-0.2, -0.15) is 0 Å². The molecule has 0 aromatic heterocycles. The predicted molar refractivity (Wildman–Crippen MR) is 84.3 cm³/mol. The van der Waals surface area contributed by atoms with E-state index < -0.39 is 0 Å². The van der Waals surface area contributed by atoms with Gasteiger partial charge in [-0.15, -0.1) is 11.8 Å². The molecule has 0 amide bonds. The number of halogens is 2. The summed E-state index contributed by atoms with van der Waals surface area (Å²) in [5, 5.41) is 0. The van der Waals surface area contributed by atoms with E-state index in [9.17, 15) is 4.39 Å². The molecule has 1 nitrogen and oxygen atoms in total. The number of benzene rings is 2. The normalized spacial score (nSPS) is 10.6. The van der Waals surface area contributed by atoms with Gasteiger partial charge in [-0.25, -0.2) is 4.39 Å². The number of hydrogen-bond donors (Lipinski definition) is 1. The van der Waals surface area contributed by atoms with Crippen LogP contribution in [0, 0.1) is 16.3 Å². The third-order valence-corrected chi connectivity index (χ3v) is 4.50. The van der Waals surface area contributed by atoms with Crippen LogP contribution in [0.2, 0.25) is 0 Å². The minimum Gasteiger partial charge on any atom is -0.398 e. The van der Waals surface area contributed by atoms with Crippen molar-refractivity contribution in [3.63, 3.8) is 0 Å². The van der Waals surface area contributed by atoms with Crippen molar-refractivity contribution in [2.24, 2.45) is 0 Å². The highest BCUT2D eigenvalue weighted by atomic mass is 127. The Morgan fingerprint density at radius 3 is 2.78 bits per heavy atom. The first-order valence-corrected chi connectivity index (χ1v) is 7.55. The molecule has 94 valence electrons. The van der Waals surface area contributed by atoms with Crippen LogP contribution in [0.5, 0.6) is 0 Å². The maximum absolute atomic E-state index is 13.5. The summed E-state index contributed by atoms with van der Waals surface area (Å²) in [7, 11) is 0. The van der Waals surface area contributed by atoms with E-state index in [4.69, 9.17) is 5.73 Å². The van der Waals surface area contributed by atoms with Gasteiger partial charge in [0.25, 0.3) is 0 Å². The highest BCUT2D eigenvalue weighted by Crippen LogP contribution is 2.31. The number of nitrogens with two attached hydrogens (primary N) is 1. The molecule has 0 aliphatic rings. The van der Waals surface area contributed by atoms with E-state index in [0.29, 0.717) is 9.26 Å². The number of thioether (sulfide) groups is 1. The average Bonchev–Trinajstić information content (AvgIpc) is 2.32. The van der Waals surface area contributed by atoms with Gasteiger partial charge in [0, 0.05) is 16.3 Å². The zero-order valence-electron chi connectivity index (χ0n) is 9.91. The SMILES string of the molecule is Cc1cccc(CSc2cc(F)c(I)cc2N)c1. The summed E-state index contributed by atoms with van der Waals surface area (Å²) >= 11 is 3.51. The van der Waals surface area contributed by atoms with Gasteiger partial charge >= 0.3 is 0 Å². The lowest BCUT2D eigenvalue weighted by Gasteiger charge is -2.07. The molecule has 4 heteroatoms. The molecule has 0 bridgehead atoms. The topological polar surface area (TPSA) is 26.0 Å². The number of anilines is 1. The molecule has 0 aliphatic heterocycles. The highest BCUT2D eigenvalue weighted by Gasteiger charge is 2.06. The molecule has 2 N–H and O–H groups in total. The molecule has 0 fully saturated rings. The molecule has 0 spiro atoms. The summed E-state index contributed by atoms with van der Waals surface area (Å²) < 4.78 is 14.0. The molecule has 2 rings (SSSR count). The zero-order valence-corrected chi connectivity index (χ0v) is 12.9. The molecular formula is C14H13FINS. The number of nitrogen functional groups attached to an aromatic ring is 1. The second-order valence-corrected chi connectivity index (χ2v) is 6.26. The Morgan fingerprint density at radius 2 is 2.06 bits per heavy atom. The van der Waals surface area contributed by atoms with Crippen molar-refractivity contribution < 1.29 is 4.39 Å². The van der Waals surface area contributed by atoms with E-state index in [2.05, 4.69) is 25.1 Å². The first-order valence-electron chi connectivity index (χ1n) is 5.49. The smallest absolute Gasteiger partial charge is 0.137 e. The van der Waals surface area contributed by atoms with Gasteiger partial charge in [0.05, 0.1) is 3.57 Å². The molecule has 18 heavy (non-hydrogen) atoms. The Labute approximate surface area is 124 Å². The van der Waals surface area contributed by atoms with Crippen LogP contribution >= 0.6 is 34.4 Å². The fraction of sp³-hybridized carbons (Fsp3) is 0.143. The van der Waals surface area contributed by atoms with Crippen LogP contribution in [0.15, 0.2) is 41.3 Å². The molecule has 0 heterocycles. The Balaban J connectivity index is 2.13. The van der Waals surface area contributed by atoms with Crippen molar-refractivity contribution in [1.82, 2.24) is 0 Å². The first-order chi connectivity index (χ1) is 8.56. The number of hydrogen-bond acceptors (Lipinski definition) is 2. The summed E-state index contributed by atoms with van der Waals surface area (Å²) in [5.74, 6) is 0.586. The minimum absolute atomic E-state index is 0.212. The van der Waals surface area contributed by atoms with Crippen molar-refractivity contribution >= 4 is 40.0 Å². The average molecular weight is 373 g/mol. The molecule has 2 aromatic rings. The molecule has 0 saturated carbocycles. The highest BCUT2D eigenvalue weighted by molar-refractivity contribution is 14.1. The maximum atomic E-state index is 13.5. The van der Waals surface area contributed by atoms with Crippen molar-refractivity contribution in [3.05, 3.63) is 56.9 Å². The van der Waals surface area contributed by atoms with E-state index in [1.165, 1.54) is 17.2 Å². The van der Waals surface area contributed by atoms with Gasteiger partial charge < -0.3 is 5.73 Å². The Kier molecular flexibility index (Phi) is 4.50. The molecular weight excluding hydrogens is 360 g/mol. The van der Waals surface area contributed by atoms with Crippen LogP contribution in [0.1, 0.15) is 11.1 Å². The third-order valence-electron chi connectivity index (χ3n) is 2.53. The number of rotatable bonds is 3. The van der Waals surface area contributed by atoms with E-state index in [-0.39, 0.29) is 5.82 Å². The van der Waals surface area contributed by atoms with Gasteiger partial charge in [0.15, 0.2) is 0 Å². The molecule has 0 saturated heterocycles. The van der Waals surface area contributed by atoms with Gasteiger partial charge in [-0.05, 0) is 47.2 Å². The summed E-state index contributed by atoms with van der Waals surface area (Å²) in [6, 6.07) is 11.5. The standard InChI is InChI=1S/C14H13FINS/c1-9-3-2-4-10(5-9)8-18-14-6-11(15)12(16)7-13(14)17/h2-7H,8,17H2,1H3. The molecule has 0 unspecified atom stereocenters. The summed E-state index contributed by atoms with van der Waals surface area (Å²) in [6.07, 6.45) is 0. The lowest BCUT2D eigenvalue weighted by molar-refractivity contribution is 0.617. The fourth-order valence-electron chi connectivity index (χ4n) is 1.63. The second-order valence-electron chi connectivity index (χ2n) is 4.08. The van der Waals surface area contributed by atoms with Crippen LogP contribution in [0.25, 0.3) is 0 Å². The lowest BCUT2D eigenvalue weighted by atomic mass is 10.2. The summed E-state index contributed by atoms with van der Waals surface area (Å²) in [4.78, 5) is 0.800. The summed E-state index contributed by atoms with van der Waals surface area (Å²) in [6.45, 7) is 2.06. The van der Waals surface area contributed by atoms with E-state index in [0.717, 1.165) is 10.6 Å². The Bertz CT molecular complexity index is 572. The second kappa shape index (κ2) is 5.93. The van der Waals surface area contributed by atoms with Crippen molar-refractivity contribution in [2.75, 3.05) is 5.73 Å². The van der Waals surface area contributed by atoms with E-state index in [1.54, 1.807) is 17.8 Å². The van der Waals surface area contributed by atoms with Crippen LogP contribution in [-0.2, 0) is 5.75 Å². The van der Waals surface area contributed by atoms with Crippen LogP contribution in [0.3, 0.4) is 0 Å². The maximum Gasteiger partial charge on any atom is 0.137 e. The first kappa shape index (κ1) is 13.7. The van der Waals surface area contributed by atoms with Crippen LogP contribution in [-0.4, -0.2) is 0 Å². The lowest BCUT2D eigenvalue weighted by Crippen LogP contribution is -1.93. The monoisotopic (exact) mass is 373 g/mol. The molecule has 0 radical (unpaired) electrons. The van der Waals surface area contributed by atoms with E-state index in [1.807, 2.05) is 28.7 Å². The van der Waals surface area contributed by atoms with Crippen molar-refractivity contribution in [1.29, 1.82) is 0 Å². The zero-order chi connectivity index (χ0) is 13.1. The van der Waals surface area contributed by atoms with Gasteiger partial charge in [0.1, 0.15) is 5.82 Å². The number of aryl methyl sites for hydroxylation is 1. The van der Waals surface area contributed by atoms with Crippen LogP contribution in [0.4, 0.5) is 10.1 Å². The summed E-state index contributed by atoms with van der Waals surface area (Å²) in [5.41, 5.74) is 8.98. The molecule has 0 aliphatic carbocycles. The van der Waals surface area contributed by atoms with Crippen molar-refractivity contribution in [3.8, 4) is 0 Å². The van der Waals surface area contributed by atoms with Gasteiger partial charge in [0.2, 0.25) is 0 Å². The Hall–Kier alpha value is -0.750. The minimum atomic E-state index is -0.212. The van der Waals surface area contributed by atoms with Crippen LogP contribution < -0.4 is 5.73 Å². The van der Waals surface area contributed by atoms with Gasteiger partial charge in [-0.1, -0.05) is 29.8 Å². The Morgan fingerprint density at radius 1 is 1.28 bits per heavy atom. The fourth-order valence-corrected chi connectivity index (χ4v) is 3.04. The van der Waals surface area contributed by atoms with Gasteiger partial charge in [-0.3, -0.25) is 0 Å². The quantitative estimate of drug-likeness (QED) is 0.483. The van der Waals surface area contributed by atoms with Crippen molar-refractivity contribution in [2.45, 2.75) is 17.6 Å². The largest absolute Gasteiger partial charge is 0.398 e. The molecule has 2 aromatic carbocycles.